The Morgan fingerprint density at radius 1 is 1.41 bits per heavy atom. The number of likely N-dealkylation sites (tertiary alicyclic amines) is 1. The number of fused-ring (bicyclic) bond motifs is 1. The molecule has 116 valence electrons. The standard InChI is InChI=1S/C17H20FN3O/c1-12-11-15(13-5-3-6-14(18)17(13)19-12)20(2)9-10-21-8-4-7-16(21)22/h3,5-6,11H,4,7-10H2,1-2H3. The van der Waals surface area contributed by atoms with Gasteiger partial charge in [0.2, 0.25) is 5.91 Å². The number of para-hydroxylation sites is 1. The van der Waals surface area contributed by atoms with Gasteiger partial charge < -0.3 is 9.80 Å². The zero-order valence-electron chi connectivity index (χ0n) is 13.0. The zero-order valence-corrected chi connectivity index (χ0v) is 13.0. The third kappa shape index (κ3) is 2.75. The largest absolute Gasteiger partial charge is 0.372 e. The fourth-order valence-electron chi connectivity index (χ4n) is 2.97. The maximum absolute atomic E-state index is 14.0. The quantitative estimate of drug-likeness (QED) is 0.871. The molecule has 2 aromatic rings. The number of anilines is 1. The highest BCUT2D eigenvalue weighted by atomic mass is 19.1. The predicted octanol–water partition coefficient (Wildman–Crippen LogP) is 2.74. The predicted molar refractivity (Wildman–Crippen MR) is 85.5 cm³/mol. The number of amides is 1. The van der Waals surface area contributed by atoms with E-state index in [-0.39, 0.29) is 11.7 Å². The number of hydrogen-bond donors (Lipinski definition) is 0. The van der Waals surface area contributed by atoms with Gasteiger partial charge in [-0.15, -0.1) is 0 Å². The van der Waals surface area contributed by atoms with Crippen molar-refractivity contribution in [1.29, 1.82) is 0 Å². The fourth-order valence-corrected chi connectivity index (χ4v) is 2.97. The SMILES string of the molecule is Cc1cc(N(C)CCN2CCCC2=O)c2cccc(F)c2n1. The van der Waals surface area contributed by atoms with Crippen molar-refractivity contribution in [2.75, 3.05) is 31.6 Å². The van der Waals surface area contributed by atoms with E-state index in [1.54, 1.807) is 6.07 Å². The smallest absolute Gasteiger partial charge is 0.222 e. The van der Waals surface area contributed by atoms with Gasteiger partial charge in [-0.25, -0.2) is 9.37 Å². The summed E-state index contributed by atoms with van der Waals surface area (Å²) in [5, 5.41) is 0.806. The number of hydrogen-bond acceptors (Lipinski definition) is 3. The number of halogens is 1. The van der Waals surface area contributed by atoms with E-state index in [1.807, 2.05) is 31.0 Å². The Kier molecular flexibility index (Phi) is 3.96. The average Bonchev–Trinajstić information content (AvgIpc) is 2.90. The summed E-state index contributed by atoms with van der Waals surface area (Å²) in [5.74, 6) is -0.0687. The molecule has 1 amide bonds. The summed E-state index contributed by atoms with van der Waals surface area (Å²) < 4.78 is 14.0. The van der Waals surface area contributed by atoms with Crippen molar-refractivity contribution in [3.05, 3.63) is 35.8 Å². The first kappa shape index (κ1) is 14.8. The van der Waals surface area contributed by atoms with Gasteiger partial charge in [0.1, 0.15) is 11.3 Å². The molecule has 0 aliphatic carbocycles. The normalized spacial score (nSPS) is 14.9. The van der Waals surface area contributed by atoms with Crippen LogP contribution in [0.3, 0.4) is 0 Å². The molecule has 22 heavy (non-hydrogen) atoms. The molecule has 1 aromatic carbocycles. The first-order valence-electron chi connectivity index (χ1n) is 7.61. The number of carbonyl (C=O) groups excluding carboxylic acids is 1. The van der Waals surface area contributed by atoms with Crippen LogP contribution in [0, 0.1) is 12.7 Å². The van der Waals surface area contributed by atoms with Gasteiger partial charge in [0.25, 0.3) is 0 Å². The highest BCUT2D eigenvalue weighted by Crippen LogP contribution is 2.27. The number of pyridine rings is 1. The monoisotopic (exact) mass is 301 g/mol. The lowest BCUT2D eigenvalue weighted by atomic mass is 10.1. The van der Waals surface area contributed by atoms with Crippen molar-refractivity contribution in [2.45, 2.75) is 19.8 Å². The summed E-state index contributed by atoms with van der Waals surface area (Å²) in [6.45, 7) is 4.14. The zero-order chi connectivity index (χ0) is 15.7. The molecule has 0 N–H and O–H groups in total. The maximum Gasteiger partial charge on any atom is 0.222 e. The van der Waals surface area contributed by atoms with Crippen LogP contribution in [-0.4, -0.2) is 42.5 Å². The van der Waals surface area contributed by atoms with Crippen molar-refractivity contribution >= 4 is 22.5 Å². The molecule has 0 bridgehead atoms. The van der Waals surface area contributed by atoms with Crippen LogP contribution in [0.15, 0.2) is 24.3 Å². The Bertz CT molecular complexity index is 716. The van der Waals surface area contributed by atoms with E-state index in [4.69, 9.17) is 0 Å². The maximum atomic E-state index is 14.0. The Morgan fingerprint density at radius 2 is 2.23 bits per heavy atom. The summed E-state index contributed by atoms with van der Waals surface area (Å²) in [5.41, 5.74) is 2.15. The summed E-state index contributed by atoms with van der Waals surface area (Å²) in [6.07, 6.45) is 1.61. The molecule has 4 nitrogen and oxygen atoms in total. The van der Waals surface area contributed by atoms with E-state index in [0.717, 1.165) is 36.3 Å². The molecule has 1 aliphatic rings. The summed E-state index contributed by atoms with van der Waals surface area (Å²) in [7, 11) is 1.97. The molecule has 1 saturated heterocycles. The molecule has 1 fully saturated rings. The van der Waals surface area contributed by atoms with Gasteiger partial charge in [0.15, 0.2) is 0 Å². The topological polar surface area (TPSA) is 36.4 Å². The van der Waals surface area contributed by atoms with Crippen molar-refractivity contribution in [1.82, 2.24) is 9.88 Å². The average molecular weight is 301 g/mol. The molecule has 5 heteroatoms. The molecular weight excluding hydrogens is 281 g/mol. The molecular formula is C17H20FN3O. The number of nitrogens with zero attached hydrogens (tertiary/aromatic N) is 3. The van der Waals surface area contributed by atoms with Crippen LogP contribution in [0.25, 0.3) is 10.9 Å². The number of carbonyl (C=O) groups is 1. The lowest BCUT2D eigenvalue weighted by molar-refractivity contribution is -0.127. The first-order chi connectivity index (χ1) is 10.6. The van der Waals surface area contributed by atoms with Crippen LogP contribution in [0.5, 0.6) is 0 Å². The fraction of sp³-hybridized carbons (Fsp3) is 0.412. The summed E-state index contributed by atoms with van der Waals surface area (Å²) in [4.78, 5) is 20.0. The minimum absolute atomic E-state index is 0.232. The van der Waals surface area contributed by atoms with E-state index in [9.17, 15) is 9.18 Å². The van der Waals surface area contributed by atoms with Crippen molar-refractivity contribution in [2.24, 2.45) is 0 Å². The van der Waals surface area contributed by atoms with E-state index in [2.05, 4.69) is 9.88 Å². The second-order valence-corrected chi connectivity index (χ2v) is 5.82. The number of aromatic nitrogens is 1. The highest BCUT2D eigenvalue weighted by molar-refractivity contribution is 5.92. The summed E-state index contributed by atoms with van der Waals surface area (Å²) >= 11 is 0. The number of likely N-dealkylation sites (N-methyl/N-ethyl adjacent to an activating group) is 1. The van der Waals surface area contributed by atoms with Gasteiger partial charge in [-0.3, -0.25) is 4.79 Å². The van der Waals surface area contributed by atoms with Gasteiger partial charge in [0, 0.05) is 49.9 Å². The molecule has 0 unspecified atom stereocenters. The molecule has 3 rings (SSSR count). The second-order valence-electron chi connectivity index (χ2n) is 5.82. The number of aryl methyl sites for hydroxylation is 1. The van der Waals surface area contributed by atoms with Crippen LogP contribution in [0.1, 0.15) is 18.5 Å². The van der Waals surface area contributed by atoms with Crippen molar-refractivity contribution in [3.63, 3.8) is 0 Å². The molecule has 1 aliphatic heterocycles. The van der Waals surface area contributed by atoms with E-state index >= 15 is 0 Å². The van der Waals surface area contributed by atoms with Crippen LogP contribution in [0.4, 0.5) is 10.1 Å². The van der Waals surface area contributed by atoms with Crippen LogP contribution < -0.4 is 4.90 Å². The Hall–Kier alpha value is -2.17. The highest BCUT2D eigenvalue weighted by Gasteiger charge is 2.20. The van der Waals surface area contributed by atoms with E-state index < -0.39 is 0 Å². The van der Waals surface area contributed by atoms with Gasteiger partial charge in [-0.05, 0) is 25.5 Å². The summed E-state index contributed by atoms with van der Waals surface area (Å²) in [6, 6.07) is 6.99. The number of rotatable bonds is 4. The minimum Gasteiger partial charge on any atom is -0.372 e. The van der Waals surface area contributed by atoms with Crippen molar-refractivity contribution in [3.8, 4) is 0 Å². The third-order valence-electron chi connectivity index (χ3n) is 4.18. The van der Waals surface area contributed by atoms with Gasteiger partial charge in [-0.1, -0.05) is 12.1 Å². The van der Waals surface area contributed by atoms with E-state index in [1.165, 1.54) is 6.07 Å². The van der Waals surface area contributed by atoms with E-state index in [0.29, 0.717) is 18.5 Å². The molecule has 1 aromatic heterocycles. The van der Waals surface area contributed by atoms with Crippen LogP contribution in [-0.2, 0) is 4.79 Å². The number of benzene rings is 1. The molecule has 0 saturated carbocycles. The third-order valence-corrected chi connectivity index (χ3v) is 4.18. The molecule has 0 atom stereocenters. The minimum atomic E-state index is -0.300. The second kappa shape index (κ2) is 5.91. The Morgan fingerprint density at radius 3 is 2.95 bits per heavy atom. The first-order valence-corrected chi connectivity index (χ1v) is 7.61. The van der Waals surface area contributed by atoms with Gasteiger partial charge in [-0.2, -0.15) is 0 Å². The van der Waals surface area contributed by atoms with Crippen LogP contribution >= 0.6 is 0 Å². The molecule has 2 heterocycles. The Labute approximate surface area is 129 Å². The van der Waals surface area contributed by atoms with Gasteiger partial charge >= 0.3 is 0 Å². The van der Waals surface area contributed by atoms with Crippen LogP contribution in [0.2, 0.25) is 0 Å². The molecule has 0 radical (unpaired) electrons. The Balaban J connectivity index is 1.85. The van der Waals surface area contributed by atoms with Crippen molar-refractivity contribution < 1.29 is 9.18 Å². The lowest BCUT2D eigenvalue weighted by Crippen LogP contribution is -2.34. The van der Waals surface area contributed by atoms with Gasteiger partial charge in [0.05, 0.1) is 0 Å². The molecule has 0 spiro atoms. The lowest BCUT2D eigenvalue weighted by Gasteiger charge is -2.25.